The molecule has 0 bridgehead atoms. The molecule has 0 radical (unpaired) electrons. The van der Waals surface area contributed by atoms with E-state index in [2.05, 4.69) is 25.2 Å². The van der Waals surface area contributed by atoms with Crippen LogP contribution < -0.4 is 10.2 Å². The van der Waals surface area contributed by atoms with Crippen molar-refractivity contribution in [1.29, 1.82) is 0 Å². The number of imidazole rings is 1. The summed E-state index contributed by atoms with van der Waals surface area (Å²) >= 11 is 6.30. The summed E-state index contributed by atoms with van der Waals surface area (Å²) in [5.74, 6) is 0.556. The number of amides is 1. The van der Waals surface area contributed by atoms with Crippen molar-refractivity contribution in [3.63, 3.8) is 0 Å². The fraction of sp³-hybridized carbons (Fsp3) is 0.174. The maximum Gasteiger partial charge on any atom is 0.232 e. The third-order valence-electron chi connectivity index (χ3n) is 5.53. The molecule has 2 aromatic carbocycles. The number of carbonyl (C=O) groups excluding carboxylic acids is 1. The Morgan fingerprint density at radius 1 is 1.23 bits per heavy atom. The number of rotatable bonds is 4. The number of benzene rings is 2. The maximum absolute atomic E-state index is 13.3. The standard InChI is InChI=1S/C23H20ClN5O/c24-16-5-6-21-19(11-16)18(7-10-29(21)14-22-26-8-9-27-22)23(30)28-20-13-25-12-15-3-1-2-4-17(15)20/h1-6,8-9,11-13,18H,7,10,14H2,(H,26,27)(H,28,30)/t18-/m1/s1. The SMILES string of the molecule is O=C(Nc1cncc2ccccc12)[C@@H]1CCN(Cc2ncc[nH]2)c2ccc(Cl)cc21. The number of anilines is 2. The topological polar surface area (TPSA) is 73.9 Å². The Labute approximate surface area is 178 Å². The van der Waals surface area contributed by atoms with E-state index in [1.807, 2.05) is 48.7 Å². The van der Waals surface area contributed by atoms with Crippen molar-refractivity contribution < 1.29 is 4.79 Å². The van der Waals surface area contributed by atoms with Crippen molar-refractivity contribution in [1.82, 2.24) is 15.0 Å². The molecule has 0 fully saturated rings. The number of hydrogen-bond donors (Lipinski definition) is 2. The average molecular weight is 418 g/mol. The van der Waals surface area contributed by atoms with E-state index in [-0.39, 0.29) is 11.8 Å². The molecule has 6 nitrogen and oxygen atoms in total. The van der Waals surface area contributed by atoms with Crippen LogP contribution in [0.1, 0.15) is 23.7 Å². The Morgan fingerprint density at radius 2 is 2.13 bits per heavy atom. The number of hydrogen-bond acceptors (Lipinski definition) is 4. The number of nitrogens with one attached hydrogen (secondary N) is 2. The molecule has 2 N–H and O–H groups in total. The van der Waals surface area contributed by atoms with E-state index in [1.54, 1.807) is 18.6 Å². The van der Waals surface area contributed by atoms with Gasteiger partial charge in [0.15, 0.2) is 0 Å². The summed E-state index contributed by atoms with van der Waals surface area (Å²) in [6.45, 7) is 1.41. The van der Waals surface area contributed by atoms with E-state index in [9.17, 15) is 4.79 Å². The first-order valence-corrected chi connectivity index (χ1v) is 10.2. The van der Waals surface area contributed by atoms with Crippen molar-refractivity contribution in [2.75, 3.05) is 16.8 Å². The quantitative estimate of drug-likeness (QED) is 0.502. The van der Waals surface area contributed by atoms with Crippen molar-refractivity contribution in [2.45, 2.75) is 18.9 Å². The van der Waals surface area contributed by atoms with Crippen LogP contribution in [0.2, 0.25) is 5.02 Å². The third-order valence-corrected chi connectivity index (χ3v) is 5.77. The number of aromatic amines is 1. The lowest BCUT2D eigenvalue weighted by Gasteiger charge is -2.35. The minimum Gasteiger partial charge on any atom is -0.364 e. The van der Waals surface area contributed by atoms with Gasteiger partial charge in [-0.2, -0.15) is 0 Å². The molecule has 0 aliphatic carbocycles. The summed E-state index contributed by atoms with van der Waals surface area (Å²) in [7, 11) is 0. The highest BCUT2D eigenvalue weighted by molar-refractivity contribution is 6.30. The van der Waals surface area contributed by atoms with Gasteiger partial charge in [0.1, 0.15) is 5.82 Å². The van der Waals surface area contributed by atoms with Crippen LogP contribution in [0.4, 0.5) is 11.4 Å². The molecule has 5 rings (SSSR count). The number of aromatic nitrogens is 3. The van der Waals surface area contributed by atoms with Gasteiger partial charge < -0.3 is 15.2 Å². The van der Waals surface area contributed by atoms with Gasteiger partial charge in [-0.05, 0) is 30.2 Å². The molecule has 150 valence electrons. The Kier molecular flexibility index (Phi) is 4.85. The number of pyridine rings is 1. The fourth-order valence-electron chi connectivity index (χ4n) is 4.09. The van der Waals surface area contributed by atoms with Crippen LogP contribution in [0.25, 0.3) is 10.8 Å². The maximum atomic E-state index is 13.3. The van der Waals surface area contributed by atoms with Gasteiger partial charge in [-0.3, -0.25) is 9.78 Å². The highest BCUT2D eigenvalue weighted by Gasteiger charge is 2.31. The molecule has 0 unspecified atom stereocenters. The Balaban J connectivity index is 1.45. The Hall–Kier alpha value is -3.38. The second-order valence-electron chi connectivity index (χ2n) is 7.40. The van der Waals surface area contributed by atoms with Crippen LogP contribution in [-0.4, -0.2) is 27.4 Å². The molecule has 2 aromatic heterocycles. The monoisotopic (exact) mass is 417 g/mol. The molecule has 1 amide bonds. The Morgan fingerprint density at radius 3 is 3.00 bits per heavy atom. The molecule has 30 heavy (non-hydrogen) atoms. The van der Waals surface area contributed by atoms with Gasteiger partial charge in [0.25, 0.3) is 0 Å². The summed E-state index contributed by atoms with van der Waals surface area (Å²) < 4.78 is 0. The van der Waals surface area contributed by atoms with Crippen molar-refractivity contribution in [3.8, 4) is 0 Å². The zero-order valence-electron chi connectivity index (χ0n) is 16.2. The molecule has 0 spiro atoms. The minimum absolute atomic E-state index is 0.0469. The van der Waals surface area contributed by atoms with E-state index < -0.39 is 0 Å². The predicted molar refractivity (Wildman–Crippen MR) is 119 cm³/mol. The molecule has 1 aliphatic rings. The lowest BCUT2D eigenvalue weighted by Crippen LogP contribution is -2.35. The van der Waals surface area contributed by atoms with E-state index >= 15 is 0 Å². The highest BCUT2D eigenvalue weighted by atomic mass is 35.5. The first-order chi connectivity index (χ1) is 14.7. The molecule has 7 heteroatoms. The van der Waals surface area contributed by atoms with E-state index in [0.717, 1.165) is 40.1 Å². The van der Waals surface area contributed by atoms with Crippen molar-refractivity contribution in [3.05, 3.63) is 83.7 Å². The van der Waals surface area contributed by atoms with Gasteiger partial charge in [-0.15, -0.1) is 0 Å². The van der Waals surface area contributed by atoms with Gasteiger partial charge in [0.05, 0.1) is 24.3 Å². The van der Waals surface area contributed by atoms with Crippen molar-refractivity contribution in [2.24, 2.45) is 0 Å². The number of halogens is 1. The minimum atomic E-state index is -0.287. The number of nitrogens with zero attached hydrogens (tertiary/aromatic N) is 3. The number of carbonyl (C=O) groups is 1. The third kappa shape index (κ3) is 3.50. The van der Waals surface area contributed by atoms with Gasteiger partial charge in [0.2, 0.25) is 5.91 Å². The number of fused-ring (bicyclic) bond motifs is 2. The van der Waals surface area contributed by atoms with Gasteiger partial charge >= 0.3 is 0 Å². The summed E-state index contributed by atoms with van der Waals surface area (Å²) in [5, 5.41) is 5.68. The first kappa shape index (κ1) is 18.6. The van der Waals surface area contributed by atoms with Gasteiger partial charge in [-0.25, -0.2) is 4.98 Å². The van der Waals surface area contributed by atoms with Crippen LogP contribution in [0, 0.1) is 0 Å². The van der Waals surface area contributed by atoms with Gasteiger partial charge in [0, 0.05) is 46.6 Å². The molecule has 0 saturated carbocycles. The van der Waals surface area contributed by atoms with E-state index in [0.29, 0.717) is 18.0 Å². The molecular formula is C23H20ClN5O. The molecular weight excluding hydrogens is 398 g/mol. The van der Waals surface area contributed by atoms with E-state index in [4.69, 9.17) is 11.6 Å². The summed E-state index contributed by atoms with van der Waals surface area (Å²) in [6, 6.07) is 13.6. The second kappa shape index (κ2) is 7.80. The Bertz CT molecular complexity index is 1200. The molecule has 3 heterocycles. The second-order valence-corrected chi connectivity index (χ2v) is 7.84. The van der Waals surface area contributed by atoms with Crippen LogP contribution in [0.3, 0.4) is 0 Å². The smallest absolute Gasteiger partial charge is 0.232 e. The van der Waals surface area contributed by atoms with Crippen LogP contribution in [0.15, 0.2) is 67.3 Å². The van der Waals surface area contributed by atoms with Crippen LogP contribution in [0.5, 0.6) is 0 Å². The number of H-pyrrole nitrogens is 1. The normalized spacial score (nSPS) is 15.8. The van der Waals surface area contributed by atoms with Gasteiger partial charge in [-0.1, -0.05) is 35.9 Å². The largest absolute Gasteiger partial charge is 0.364 e. The van der Waals surface area contributed by atoms with Crippen molar-refractivity contribution >= 4 is 39.7 Å². The lowest BCUT2D eigenvalue weighted by molar-refractivity contribution is -0.117. The average Bonchev–Trinajstić information content (AvgIpc) is 3.27. The zero-order chi connectivity index (χ0) is 20.5. The van der Waals surface area contributed by atoms with Crippen LogP contribution in [-0.2, 0) is 11.3 Å². The first-order valence-electron chi connectivity index (χ1n) is 9.85. The fourth-order valence-corrected chi connectivity index (χ4v) is 4.27. The zero-order valence-corrected chi connectivity index (χ0v) is 16.9. The van der Waals surface area contributed by atoms with Crippen LogP contribution >= 0.6 is 11.6 Å². The summed E-state index contributed by atoms with van der Waals surface area (Å²) in [5.41, 5.74) is 2.67. The molecule has 4 aromatic rings. The molecule has 1 aliphatic heterocycles. The predicted octanol–water partition coefficient (Wildman–Crippen LogP) is 4.74. The summed E-state index contributed by atoms with van der Waals surface area (Å²) in [4.78, 5) is 27.3. The molecule has 1 atom stereocenters. The highest BCUT2D eigenvalue weighted by Crippen LogP contribution is 2.38. The lowest BCUT2D eigenvalue weighted by atomic mass is 9.89. The molecule has 0 saturated heterocycles. The summed E-state index contributed by atoms with van der Waals surface area (Å²) in [6.07, 6.45) is 7.75. The van der Waals surface area contributed by atoms with E-state index in [1.165, 1.54) is 0 Å².